The van der Waals surface area contributed by atoms with Crippen molar-refractivity contribution in [2.45, 2.75) is 18.0 Å². The Morgan fingerprint density at radius 1 is 1.05 bits per heavy atom. The van der Waals surface area contributed by atoms with Gasteiger partial charge in [-0.15, -0.1) is 0 Å². The van der Waals surface area contributed by atoms with Crippen LogP contribution in [-0.2, 0) is 23.2 Å². The predicted molar refractivity (Wildman–Crippen MR) is 72.8 cm³/mol. The third-order valence-electron chi connectivity index (χ3n) is 2.78. The molecule has 0 spiro atoms. The normalized spacial score (nSPS) is 11.5. The summed E-state index contributed by atoms with van der Waals surface area (Å²) in [5.74, 6) is -0.597. The molecule has 0 radical (unpaired) electrons. The summed E-state index contributed by atoms with van der Waals surface area (Å²) < 4.78 is 39.4. The number of benzene rings is 2. The molecule has 0 aliphatic rings. The van der Waals surface area contributed by atoms with Gasteiger partial charge in [0.05, 0.1) is 11.5 Å². The molecule has 4 nitrogen and oxygen atoms in total. The summed E-state index contributed by atoms with van der Waals surface area (Å²) in [4.78, 5) is -0.107. The lowest BCUT2D eigenvalue weighted by Gasteiger charge is -2.07. The van der Waals surface area contributed by atoms with Gasteiger partial charge in [-0.1, -0.05) is 30.3 Å². The molecule has 0 atom stereocenters. The van der Waals surface area contributed by atoms with Crippen molar-refractivity contribution in [1.29, 1.82) is 0 Å². The molecule has 0 aromatic heterocycles. The summed E-state index contributed by atoms with van der Waals surface area (Å²) in [7, 11) is -3.74. The molecule has 6 heteroatoms. The fourth-order valence-electron chi connectivity index (χ4n) is 1.66. The molecular weight excluding hydrogens is 281 g/mol. The van der Waals surface area contributed by atoms with Crippen LogP contribution in [0.4, 0.5) is 4.39 Å². The van der Waals surface area contributed by atoms with Crippen LogP contribution in [-0.4, -0.2) is 13.5 Å². The smallest absolute Gasteiger partial charge is 0.240 e. The van der Waals surface area contributed by atoms with E-state index in [0.717, 1.165) is 17.2 Å². The van der Waals surface area contributed by atoms with Crippen LogP contribution in [0.1, 0.15) is 11.1 Å². The zero-order chi connectivity index (χ0) is 14.6. The number of aliphatic hydroxyl groups excluding tert-OH is 1. The zero-order valence-corrected chi connectivity index (χ0v) is 11.4. The van der Waals surface area contributed by atoms with Crippen LogP contribution >= 0.6 is 0 Å². The van der Waals surface area contributed by atoms with Gasteiger partial charge < -0.3 is 5.11 Å². The number of sulfonamides is 1. The van der Waals surface area contributed by atoms with Crippen LogP contribution in [0.15, 0.2) is 53.4 Å². The minimum absolute atomic E-state index is 0.0602. The van der Waals surface area contributed by atoms with E-state index in [1.54, 1.807) is 24.3 Å². The molecule has 106 valence electrons. The summed E-state index contributed by atoms with van der Waals surface area (Å²) in [6, 6.07) is 11.7. The Labute approximate surface area is 116 Å². The first kappa shape index (κ1) is 14.6. The van der Waals surface area contributed by atoms with Crippen LogP contribution in [0.2, 0.25) is 0 Å². The number of hydrogen-bond donors (Lipinski definition) is 2. The molecule has 0 fully saturated rings. The first-order valence-electron chi connectivity index (χ1n) is 5.95. The molecule has 0 amide bonds. The van der Waals surface area contributed by atoms with Crippen molar-refractivity contribution in [3.8, 4) is 0 Å². The highest BCUT2D eigenvalue weighted by atomic mass is 32.2. The van der Waals surface area contributed by atoms with E-state index in [2.05, 4.69) is 4.72 Å². The third-order valence-corrected chi connectivity index (χ3v) is 4.18. The third kappa shape index (κ3) is 3.63. The van der Waals surface area contributed by atoms with E-state index in [1.165, 1.54) is 18.2 Å². The first-order chi connectivity index (χ1) is 9.51. The van der Waals surface area contributed by atoms with Crippen LogP contribution in [0.5, 0.6) is 0 Å². The minimum atomic E-state index is -3.74. The van der Waals surface area contributed by atoms with E-state index >= 15 is 0 Å². The summed E-state index contributed by atoms with van der Waals surface area (Å²) in [5.41, 5.74) is 1.50. The highest BCUT2D eigenvalue weighted by Crippen LogP contribution is 2.11. The topological polar surface area (TPSA) is 66.4 Å². The number of rotatable bonds is 5. The average molecular weight is 295 g/mol. The lowest BCUT2D eigenvalue weighted by Crippen LogP contribution is -2.23. The lowest BCUT2D eigenvalue weighted by atomic mass is 10.1. The molecule has 2 rings (SSSR count). The quantitative estimate of drug-likeness (QED) is 0.884. The Bertz CT molecular complexity index is 684. The largest absolute Gasteiger partial charge is 0.392 e. The second kappa shape index (κ2) is 6.13. The Morgan fingerprint density at radius 3 is 2.30 bits per heavy atom. The van der Waals surface area contributed by atoms with E-state index < -0.39 is 15.8 Å². The standard InChI is InChI=1S/C14H14FNO3S/c15-13-2-1-3-14(8-13)20(18,19)16-9-11-4-6-12(10-17)7-5-11/h1-8,16-17H,9-10H2. The van der Waals surface area contributed by atoms with Gasteiger partial charge in [0.25, 0.3) is 0 Å². The second-order valence-electron chi connectivity index (χ2n) is 4.26. The van der Waals surface area contributed by atoms with Crippen LogP contribution in [0, 0.1) is 5.82 Å². The number of hydrogen-bond acceptors (Lipinski definition) is 3. The monoisotopic (exact) mass is 295 g/mol. The summed E-state index contributed by atoms with van der Waals surface area (Å²) in [6.45, 7) is 0.0415. The van der Waals surface area contributed by atoms with Gasteiger partial charge in [0.2, 0.25) is 10.0 Å². The lowest BCUT2D eigenvalue weighted by molar-refractivity contribution is 0.282. The van der Waals surface area contributed by atoms with Gasteiger partial charge >= 0.3 is 0 Å². The van der Waals surface area contributed by atoms with Gasteiger partial charge in [-0.2, -0.15) is 0 Å². The summed E-state index contributed by atoms with van der Waals surface area (Å²) in [6.07, 6.45) is 0. The van der Waals surface area contributed by atoms with Gasteiger partial charge in [0.15, 0.2) is 0 Å². The molecule has 0 aliphatic heterocycles. The first-order valence-corrected chi connectivity index (χ1v) is 7.43. The fraction of sp³-hybridized carbons (Fsp3) is 0.143. The van der Waals surface area contributed by atoms with Crippen molar-refractivity contribution in [2.24, 2.45) is 0 Å². The Balaban J connectivity index is 2.09. The highest BCUT2D eigenvalue weighted by molar-refractivity contribution is 7.89. The van der Waals surface area contributed by atoms with Gasteiger partial charge in [0.1, 0.15) is 5.82 Å². The Kier molecular flexibility index (Phi) is 4.49. The van der Waals surface area contributed by atoms with Crippen molar-refractivity contribution in [3.63, 3.8) is 0 Å². The zero-order valence-electron chi connectivity index (χ0n) is 10.6. The molecule has 0 saturated heterocycles. The molecule has 2 aromatic rings. The molecule has 0 bridgehead atoms. The molecule has 2 aromatic carbocycles. The minimum Gasteiger partial charge on any atom is -0.392 e. The van der Waals surface area contributed by atoms with E-state index in [4.69, 9.17) is 5.11 Å². The molecule has 0 aliphatic carbocycles. The van der Waals surface area contributed by atoms with Crippen molar-refractivity contribution in [3.05, 3.63) is 65.5 Å². The molecule has 0 heterocycles. The van der Waals surface area contributed by atoms with E-state index in [1.807, 2.05) is 0 Å². The average Bonchev–Trinajstić information content (AvgIpc) is 2.46. The van der Waals surface area contributed by atoms with Crippen molar-refractivity contribution < 1.29 is 17.9 Å². The predicted octanol–water partition coefficient (Wildman–Crippen LogP) is 1.80. The summed E-state index contributed by atoms with van der Waals surface area (Å²) in [5, 5.41) is 8.92. The Hall–Kier alpha value is -1.76. The van der Waals surface area contributed by atoms with Gasteiger partial charge in [0, 0.05) is 6.54 Å². The number of nitrogens with one attached hydrogen (secondary N) is 1. The molecule has 20 heavy (non-hydrogen) atoms. The molecular formula is C14H14FNO3S. The molecule has 0 unspecified atom stereocenters. The maximum Gasteiger partial charge on any atom is 0.240 e. The van der Waals surface area contributed by atoms with E-state index in [9.17, 15) is 12.8 Å². The maximum absolute atomic E-state index is 13.0. The molecule has 0 saturated carbocycles. The second-order valence-corrected chi connectivity index (χ2v) is 6.02. The maximum atomic E-state index is 13.0. The van der Waals surface area contributed by atoms with Crippen molar-refractivity contribution >= 4 is 10.0 Å². The van der Waals surface area contributed by atoms with Crippen LogP contribution in [0.25, 0.3) is 0 Å². The van der Waals surface area contributed by atoms with Crippen molar-refractivity contribution in [1.82, 2.24) is 4.72 Å². The van der Waals surface area contributed by atoms with E-state index in [-0.39, 0.29) is 18.0 Å². The SMILES string of the molecule is O=S(=O)(NCc1ccc(CO)cc1)c1cccc(F)c1. The molecule has 2 N–H and O–H groups in total. The fourth-order valence-corrected chi connectivity index (χ4v) is 2.71. The van der Waals surface area contributed by atoms with Gasteiger partial charge in [-0.25, -0.2) is 17.5 Å². The Morgan fingerprint density at radius 2 is 1.70 bits per heavy atom. The highest BCUT2D eigenvalue weighted by Gasteiger charge is 2.14. The van der Waals surface area contributed by atoms with Gasteiger partial charge in [-0.3, -0.25) is 0 Å². The van der Waals surface area contributed by atoms with Gasteiger partial charge in [-0.05, 0) is 29.3 Å². The van der Waals surface area contributed by atoms with Crippen LogP contribution in [0.3, 0.4) is 0 Å². The summed E-state index contributed by atoms with van der Waals surface area (Å²) >= 11 is 0. The van der Waals surface area contributed by atoms with Crippen molar-refractivity contribution in [2.75, 3.05) is 0 Å². The van der Waals surface area contributed by atoms with E-state index in [0.29, 0.717) is 0 Å². The number of halogens is 1. The van der Waals surface area contributed by atoms with Crippen LogP contribution < -0.4 is 4.72 Å². The number of aliphatic hydroxyl groups is 1.